The first-order valence-corrected chi connectivity index (χ1v) is 9.75. The second-order valence-electron chi connectivity index (χ2n) is 7.04. The van der Waals surface area contributed by atoms with Crippen LogP contribution in [0.3, 0.4) is 0 Å². The second kappa shape index (κ2) is 8.32. The van der Waals surface area contributed by atoms with E-state index in [9.17, 15) is 0 Å². The first-order valence-electron chi connectivity index (χ1n) is 9.75. The standard InChI is InChI=1S/C21H24N8/c1-3-14(2)21-23-19(12-22)26-29(21)13-15-8-10-16(11-9-15)17-6-4-5-7-18(17)20-24-27-28-25-20/h4-11,14H,3,12-13,22H2,1-2H3,(H,24,25,27,28). The van der Waals surface area contributed by atoms with Crippen LogP contribution < -0.4 is 5.73 Å². The lowest BCUT2D eigenvalue weighted by molar-refractivity contribution is 0.575. The number of benzene rings is 2. The second-order valence-corrected chi connectivity index (χ2v) is 7.04. The van der Waals surface area contributed by atoms with Crippen molar-refractivity contribution in [2.24, 2.45) is 5.73 Å². The van der Waals surface area contributed by atoms with Crippen LogP contribution in [0.5, 0.6) is 0 Å². The van der Waals surface area contributed by atoms with Gasteiger partial charge in [0.2, 0.25) is 5.82 Å². The van der Waals surface area contributed by atoms with E-state index in [4.69, 9.17) is 5.73 Å². The molecule has 1 unspecified atom stereocenters. The van der Waals surface area contributed by atoms with Gasteiger partial charge in [-0.1, -0.05) is 62.4 Å². The number of aromatic amines is 1. The summed E-state index contributed by atoms with van der Waals surface area (Å²) in [7, 11) is 0. The molecule has 8 heteroatoms. The summed E-state index contributed by atoms with van der Waals surface area (Å²) < 4.78 is 1.97. The zero-order valence-electron chi connectivity index (χ0n) is 16.6. The Labute approximate surface area is 169 Å². The molecule has 0 spiro atoms. The minimum absolute atomic E-state index is 0.337. The Bertz CT molecular complexity index is 1070. The van der Waals surface area contributed by atoms with Crippen LogP contribution in [0.2, 0.25) is 0 Å². The molecule has 0 saturated carbocycles. The Balaban J connectivity index is 1.61. The number of rotatable bonds is 7. The highest BCUT2D eigenvalue weighted by atomic mass is 15.5. The first-order chi connectivity index (χ1) is 14.2. The third kappa shape index (κ3) is 3.93. The van der Waals surface area contributed by atoms with E-state index in [-0.39, 0.29) is 0 Å². The zero-order chi connectivity index (χ0) is 20.2. The van der Waals surface area contributed by atoms with Crippen molar-refractivity contribution in [2.45, 2.75) is 39.3 Å². The van der Waals surface area contributed by atoms with Gasteiger partial charge in [0.25, 0.3) is 0 Å². The molecule has 29 heavy (non-hydrogen) atoms. The molecule has 148 valence electrons. The molecule has 3 N–H and O–H groups in total. The minimum atomic E-state index is 0.337. The number of H-pyrrole nitrogens is 1. The predicted molar refractivity (Wildman–Crippen MR) is 111 cm³/mol. The SMILES string of the molecule is CCC(C)c1nc(CN)nn1Cc1ccc(-c2ccccc2-c2nn[nH]n2)cc1. The Morgan fingerprint density at radius 2 is 1.83 bits per heavy atom. The van der Waals surface area contributed by atoms with Crippen molar-refractivity contribution >= 4 is 0 Å². The highest BCUT2D eigenvalue weighted by Crippen LogP contribution is 2.30. The summed E-state index contributed by atoms with van der Waals surface area (Å²) in [6.45, 7) is 5.34. The molecule has 0 radical (unpaired) electrons. The van der Waals surface area contributed by atoms with Gasteiger partial charge in [-0.3, -0.25) is 0 Å². The predicted octanol–water partition coefficient (Wildman–Crippen LogP) is 3.15. The van der Waals surface area contributed by atoms with Crippen LogP contribution in [-0.2, 0) is 13.1 Å². The van der Waals surface area contributed by atoms with E-state index in [2.05, 4.69) is 74.9 Å². The Kier molecular flexibility index (Phi) is 5.44. The van der Waals surface area contributed by atoms with Gasteiger partial charge in [0.05, 0.1) is 13.1 Å². The Morgan fingerprint density at radius 3 is 2.48 bits per heavy atom. The van der Waals surface area contributed by atoms with E-state index >= 15 is 0 Å². The van der Waals surface area contributed by atoms with Gasteiger partial charge in [-0.05, 0) is 28.3 Å². The summed E-state index contributed by atoms with van der Waals surface area (Å²) in [6.07, 6.45) is 1.01. The fourth-order valence-corrected chi connectivity index (χ4v) is 3.32. The molecule has 2 aromatic heterocycles. The number of hydrogen-bond acceptors (Lipinski definition) is 6. The van der Waals surface area contributed by atoms with Gasteiger partial charge in [-0.25, -0.2) is 9.67 Å². The van der Waals surface area contributed by atoms with Crippen molar-refractivity contribution in [3.8, 4) is 22.5 Å². The van der Waals surface area contributed by atoms with Crippen molar-refractivity contribution in [3.63, 3.8) is 0 Å². The van der Waals surface area contributed by atoms with Crippen LogP contribution in [0.4, 0.5) is 0 Å². The molecule has 0 aliphatic heterocycles. The molecular weight excluding hydrogens is 364 g/mol. The van der Waals surface area contributed by atoms with Crippen LogP contribution in [0.1, 0.15) is 43.4 Å². The van der Waals surface area contributed by atoms with E-state index in [1.165, 1.54) is 0 Å². The normalized spacial score (nSPS) is 12.2. The lowest BCUT2D eigenvalue weighted by Gasteiger charge is -2.11. The molecule has 0 bridgehead atoms. The number of nitrogens with zero attached hydrogens (tertiary/aromatic N) is 6. The first kappa shape index (κ1) is 18.9. The van der Waals surface area contributed by atoms with Gasteiger partial charge in [-0.15, -0.1) is 10.2 Å². The van der Waals surface area contributed by atoms with E-state index in [0.29, 0.717) is 30.7 Å². The van der Waals surface area contributed by atoms with Crippen LogP contribution >= 0.6 is 0 Å². The van der Waals surface area contributed by atoms with Gasteiger partial charge < -0.3 is 5.73 Å². The van der Waals surface area contributed by atoms with Crippen LogP contribution in [0.15, 0.2) is 48.5 Å². The maximum atomic E-state index is 5.75. The minimum Gasteiger partial charge on any atom is -0.324 e. The lowest BCUT2D eigenvalue weighted by Crippen LogP contribution is -2.09. The quantitative estimate of drug-likeness (QED) is 0.503. The molecule has 0 saturated heterocycles. The number of aromatic nitrogens is 7. The van der Waals surface area contributed by atoms with E-state index < -0.39 is 0 Å². The molecular formula is C21H24N8. The number of tetrazole rings is 1. The molecule has 0 aliphatic carbocycles. The smallest absolute Gasteiger partial charge is 0.205 e. The van der Waals surface area contributed by atoms with Crippen molar-refractivity contribution in [1.82, 2.24) is 35.4 Å². The highest BCUT2D eigenvalue weighted by molar-refractivity contribution is 5.80. The maximum absolute atomic E-state index is 5.75. The summed E-state index contributed by atoms with van der Waals surface area (Å²) in [5, 5.41) is 19.0. The fourth-order valence-electron chi connectivity index (χ4n) is 3.32. The number of nitrogens with one attached hydrogen (secondary N) is 1. The van der Waals surface area contributed by atoms with Crippen LogP contribution in [-0.4, -0.2) is 35.4 Å². The van der Waals surface area contributed by atoms with E-state index in [0.717, 1.165) is 34.5 Å². The average Bonchev–Trinajstić information content (AvgIpc) is 3.44. The zero-order valence-corrected chi connectivity index (χ0v) is 16.6. The molecule has 2 heterocycles. The number of hydrogen-bond donors (Lipinski definition) is 2. The molecule has 0 aliphatic rings. The number of nitrogens with two attached hydrogens (primary N) is 1. The van der Waals surface area contributed by atoms with E-state index in [1.807, 2.05) is 22.9 Å². The van der Waals surface area contributed by atoms with Gasteiger partial charge in [0, 0.05) is 11.5 Å². The molecule has 8 nitrogen and oxygen atoms in total. The molecule has 0 amide bonds. The van der Waals surface area contributed by atoms with Gasteiger partial charge in [-0.2, -0.15) is 10.3 Å². The summed E-state index contributed by atoms with van der Waals surface area (Å²) in [5.74, 6) is 2.59. The van der Waals surface area contributed by atoms with Crippen LogP contribution in [0, 0.1) is 0 Å². The Hall–Kier alpha value is -3.39. The van der Waals surface area contributed by atoms with E-state index in [1.54, 1.807) is 0 Å². The van der Waals surface area contributed by atoms with Crippen molar-refractivity contribution in [1.29, 1.82) is 0 Å². The van der Waals surface area contributed by atoms with Crippen molar-refractivity contribution in [2.75, 3.05) is 0 Å². The lowest BCUT2D eigenvalue weighted by atomic mass is 9.98. The molecule has 2 aromatic carbocycles. The van der Waals surface area contributed by atoms with Gasteiger partial charge in [0.15, 0.2) is 5.82 Å². The average molecular weight is 388 g/mol. The summed E-state index contributed by atoms with van der Waals surface area (Å²) in [4.78, 5) is 4.60. The topological polar surface area (TPSA) is 111 Å². The largest absolute Gasteiger partial charge is 0.324 e. The van der Waals surface area contributed by atoms with Gasteiger partial charge >= 0.3 is 0 Å². The highest BCUT2D eigenvalue weighted by Gasteiger charge is 2.15. The monoisotopic (exact) mass is 388 g/mol. The molecule has 4 aromatic rings. The maximum Gasteiger partial charge on any atom is 0.205 e. The Morgan fingerprint density at radius 1 is 1.07 bits per heavy atom. The third-order valence-corrected chi connectivity index (χ3v) is 5.09. The summed E-state index contributed by atoms with van der Waals surface area (Å²) in [5.41, 5.74) is 10.0. The molecule has 0 fully saturated rings. The summed E-state index contributed by atoms with van der Waals surface area (Å²) in [6, 6.07) is 16.5. The molecule has 1 atom stereocenters. The molecule has 4 rings (SSSR count). The fraction of sp³-hybridized carbons (Fsp3) is 0.286. The van der Waals surface area contributed by atoms with Crippen LogP contribution in [0.25, 0.3) is 22.5 Å². The van der Waals surface area contributed by atoms with Crippen molar-refractivity contribution < 1.29 is 0 Å². The summed E-state index contributed by atoms with van der Waals surface area (Å²) >= 11 is 0. The third-order valence-electron chi connectivity index (χ3n) is 5.09. The van der Waals surface area contributed by atoms with Crippen molar-refractivity contribution in [3.05, 3.63) is 65.7 Å². The van der Waals surface area contributed by atoms with Gasteiger partial charge in [0.1, 0.15) is 5.82 Å².